The van der Waals surface area contributed by atoms with Gasteiger partial charge < -0.3 is 9.73 Å². The van der Waals surface area contributed by atoms with Gasteiger partial charge in [0.1, 0.15) is 17.9 Å². The average Bonchev–Trinajstić information content (AvgIpc) is 3.10. The lowest BCUT2D eigenvalue weighted by Gasteiger charge is -2.12. The van der Waals surface area contributed by atoms with Crippen molar-refractivity contribution in [3.05, 3.63) is 59.6 Å². The molecule has 0 bridgehead atoms. The molecule has 5 nitrogen and oxygen atoms in total. The smallest absolute Gasteiger partial charge is 0.169 e. The van der Waals surface area contributed by atoms with Crippen molar-refractivity contribution < 1.29 is 4.42 Å². The number of pyridine rings is 1. The molecule has 3 aromatic heterocycles. The maximum Gasteiger partial charge on any atom is 0.169 e. The summed E-state index contributed by atoms with van der Waals surface area (Å²) in [5, 5.41) is 3.34. The topological polar surface area (TPSA) is 55.9 Å². The first-order chi connectivity index (χ1) is 9.72. The zero-order valence-electron chi connectivity index (χ0n) is 10.8. The zero-order valence-corrected chi connectivity index (χ0v) is 12.4. The fourth-order valence-corrected chi connectivity index (χ4v) is 2.22. The van der Waals surface area contributed by atoms with E-state index in [0.717, 1.165) is 21.9 Å². The van der Waals surface area contributed by atoms with Crippen LogP contribution in [0.15, 0.2) is 58.3 Å². The Balaban J connectivity index is 1.72. The second-order valence-electron chi connectivity index (χ2n) is 4.38. The van der Waals surface area contributed by atoms with E-state index in [9.17, 15) is 0 Å². The van der Waals surface area contributed by atoms with E-state index in [4.69, 9.17) is 4.42 Å². The highest BCUT2D eigenvalue weighted by Gasteiger charge is 2.09. The number of furan rings is 1. The second-order valence-corrected chi connectivity index (χ2v) is 5.16. The number of aromatic nitrogens is 3. The van der Waals surface area contributed by atoms with Gasteiger partial charge >= 0.3 is 0 Å². The van der Waals surface area contributed by atoms with Gasteiger partial charge in [-0.25, -0.2) is 9.97 Å². The van der Waals surface area contributed by atoms with Crippen LogP contribution >= 0.6 is 15.9 Å². The molecule has 0 aliphatic carbocycles. The van der Waals surface area contributed by atoms with E-state index in [2.05, 4.69) is 31.2 Å². The minimum absolute atomic E-state index is 0.0715. The lowest BCUT2D eigenvalue weighted by molar-refractivity contribution is 0.471. The number of imidazole rings is 1. The highest BCUT2D eigenvalue weighted by Crippen LogP contribution is 2.23. The molecule has 0 aromatic carbocycles. The summed E-state index contributed by atoms with van der Waals surface area (Å²) in [7, 11) is 0. The molecule has 0 aliphatic rings. The van der Waals surface area contributed by atoms with Crippen LogP contribution in [0.3, 0.4) is 0 Å². The van der Waals surface area contributed by atoms with E-state index in [0.29, 0.717) is 0 Å². The summed E-state index contributed by atoms with van der Waals surface area (Å²) >= 11 is 3.30. The maximum atomic E-state index is 5.52. The number of nitrogens with zero attached hydrogens (tertiary/aromatic N) is 3. The molecule has 1 atom stereocenters. The van der Waals surface area contributed by atoms with Crippen LogP contribution in [-0.4, -0.2) is 14.5 Å². The minimum Gasteiger partial charge on any atom is -0.452 e. The van der Waals surface area contributed by atoms with Gasteiger partial charge in [-0.2, -0.15) is 0 Å². The molecule has 1 N–H and O–H groups in total. The van der Waals surface area contributed by atoms with E-state index in [1.54, 1.807) is 18.7 Å². The molecule has 0 spiro atoms. The molecule has 0 aliphatic heterocycles. The van der Waals surface area contributed by atoms with Gasteiger partial charge in [-0.3, -0.25) is 4.57 Å². The normalized spacial score (nSPS) is 12.3. The van der Waals surface area contributed by atoms with E-state index >= 15 is 0 Å². The van der Waals surface area contributed by atoms with Crippen LogP contribution in [0.25, 0.3) is 5.82 Å². The lowest BCUT2D eigenvalue weighted by Crippen LogP contribution is -2.06. The summed E-state index contributed by atoms with van der Waals surface area (Å²) in [6, 6.07) is 7.82. The van der Waals surface area contributed by atoms with Gasteiger partial charge in [-0.15, -0.1) is 0 Å². The molecule has 3 aromatic rings. The van der Waals surface area contributed by atoms with Crippen molar-refractivity contribution in [2.75, 3.05) is 5.32 Å². The quantitative estimate of drug-likeness (QED) is 0.789. The van der Waals surface area contributed by atoms with Crippen LogP contribution in [0, 0.1) is 0 Å². The Hall–Kier alpha value is -2.08. The summed E-state index contributed by atoms with van der Waals surface area (Å²) in [6.45, 7) is 2.04. The largest absolute Gasteiger partial charge is 0.452 e. The Kier molecular flexibility index (Phi) is 3.56. The molecular formula is C14H13BrN4O. The van der Waals surface area contributed by atoms with Gasteiger partial charge in [-0.1, -0.05) is 0 Å². The van der Waals surface area contributed by atoms with Crippen molar-refractivity contribution in [3.63, 3.8) is 0 Å². The highest BCUT2D eigenvalue weighted by molar-refractivity contribution is 9.10. The van der Waals surface area contributed by atoms with Gasteiger partial charge in [0.05, 0.1) is 17.9 Å². The van der Waals surface area contributed by atoms with E-state index in [1.807, 2.05) is 42.0 Å². The molecule has 6 heteroatoms. The number of hydrogen-bond acceptors (Lipinski definition) is 4. The van der Waals surface area contributed by atoms with E-state index in [-0.39, 0.29) is 6.04 Å². The Morgan fingerprint density at radius 1 is 1.30 bits per heavy atom. The van der Waals surface area contributed by atoms with Crippen LogP contribution in [0.4, 0.5) is 5.69 Å². The molecule has 3 rings (SSSR count). The fraction of sp³-hybridized carbons (Fsp3) is 0.143. The fourth-order valence-electron chi connectivity index (χ4n) is 1.90. The van der Waals surface area contributed by atoms with Crippen LogP contribution in [0.1, 0.15) is 18.7 Å². The first kappa shape index (κ1) is 12.9. The van der Waals surface area contributed by atoms with E-state index < -0.39 is 0 Å². The molecular weight excluding hydrogens is 320 g/mol. The van der Waals surface area contributed by atoms with Crippen LogP contribution in [0.5, 0.6) is 0 Å². The summed E-state index contributed by atoms with van der Waals surface area (Å²) < 4.78 is 8.11. The molecule has 0 radical (unpaired) electrons. The first-order valence-electron chi connectivity index (χ1n) is 6.18. The van der Waals surface area contributed by atoms with Gasteiger partial charge in [0, 0.05) is 12.4 Å². The maximum absolute atomic E-state index is 5.52. The summed E-state index contributed by atoms with van der Waals surface area (Å²) in [4.78, 5) is 8.40. The zero-order chi connectivity index (χ0) is 13.9. The standard InChI is InChI=1S/C14H13BrN4O/c1-10(12-3-4-13(15)20-12)18-11-2-5-14(17-8-11)19-7-6-16-9-19/h2-10,18H,1H3. The number of rotatable bonds is 4. The van der Waals surface area contributed by atoms with Crippen LogP contribution in [-0.2, 0) is 0 Å². The summed E-state index contributed by atoms with van der Waals surface area (Å²) in [5.74, 6) is 1.71. The lowest BCUT2D eigenvalue weighted by atomic mass is 10.2. The van der Waals surface area contributed by atoms with Crippen molar-refractivity contribution in [1.82, 2.24) is 14.5 Å². The molecule has 102 valence electrons. The molecule has 3 heterocycles. The van der Waals surface area contributed by atoms with E-state index in [1.165, 1.54) is 0 Å². The van der Waals surface area contributed by atoms with Crippen molar-refractivity contribution in [2.24, 2.45) is 0 Å². The minimum atomic E-state index is 0.0715. The van der Waals surface area contributed by atoms with Gasteiger partial charge in [0.2, 0.25) is 0 Å². The predicted molar refractivity (Wildman–Crippen MR) is 79.8 cm³/mol. The average molecular weight is 333 g/mol. The Morgan fingerprint density at radius 3 is 2.80 bits per heavy atom. The molecule has 0 saturated heterocycles. The van der Waals surface area contributed by atoms with Gasteiger partial charge in [-0.05, 0) is 47.1 Å². The number of halogens is 1. The molecule has 0 saturated carbocycles. The SMILES string of the molecule is CC(Nc1ccc(-n2ccnc2)nc1)c1ccc(Br)o1. The first-order valence-corrected chi connectivity index (χ1v) is 6.98. The third-order valence-corrected chi connectivity index (χ3v) is 3.35. The molecule has 0 fully saturated rings. The third kappa shape index (κ3) is 2.75. The van der Waals surface area contributed by atoms with Crippen LogP contribution in [0.2, 0.25) is 0 Å². The second kappa shape index (κ2) is 5.50. The van der Waals surface area contributed by atoms with Crippen LogP contribution < -0.4 is 5.32 Å². The molecule has 20 heavy (non-hydrogen) atoms. The predicted octanol–water partition coefficient (Wildman–Crippen LogP) is 3.80. The Bertz CT molecular complexity index is 676. The van der Waals surface area contributed by atoms with Gasteiger partial charge in [0.15, 0.2) is 4.67 Å². The van der Waals surface area contributed by atoms with Crippen molar-refractivity contribution >= 4 is 21.6 Å². The number of anilines is 1. The van der Waals surface area contributed by atoms with Gasteiger partial charge in [0.25, 0.3) is 0 Å². The molecule has 0 amide bonds. The number of hydrogen-bond donors (Lipinski definition) is 1. The Labute approximate surface area is 124 Å². The number of nitrogens with one attached hydrogen (secondary N) is 1. The Morgan fingerprint density at radius 2 is 2.20 bits per heavy atom. The molecule has 1 unspecified atom stereocenters. The summed E-state index contributed by atoms with van der Waals surface area (Å²) in [6.07, 6.45) is 7.10. The van der Waals surface area contributed by atoms with Crippen molar-refractivity contribution in [3.8, 4) is 5.82 Å². The monoisotopic (exact) mass is 332 g/mol. The highest BCUT2D eigenvalue weighted by atomic mass is 79.9. The van der Waals surface area contributed by atoms with Crippen molar-refractivity contribution in [1.29, 1.82) is 0 Å². The summed E-state index contributed by atoms with van der Waals surface area (Å²) in [5.41, 5.74) is 0.939. The van der Waals surface area contributed by atoms with Crippen molar-refractivity contribution in [2.45, 2.75) is 13.0 Å². The third-order valence-electron chi connectivity index (χ3n) is 2.92.